The number of rotatable bonds is 14. The third kappa shape index (κ3) is 9.90. The van der Waals surface area contributed by atoms with E-state index in [-0.39, 0.29) is 0 Å². The van der Waals surface area contributed by atoms with Crippen LogP contribution in [0.5, 0.6) is 34.5 Å². The summed E-state index contributed by atoms with van der Waals surface area (Å²) in [5.74, 6) is 4.52. The Kier molecular flexibility index (Phi) is 13.3. The lowest BCUT2D eigenvalue weighted by molar-refractivity contribution is 0.107. The Morgan fingerprint density at radius 3 is 0.952 bits per heavy atom. The molecule has 0 spiro atoms. The molecule has 0 bridgehead atoms. The average molecular weight is 577 g/mol. The van der Waals surface area contributed by atoms with Crippen molar-refractivity contribution in [3.05, 3.63) is 107 Å². The fraction of sp³-hybridized carbons (Fsp3) is 0.294. The van der Waals surface area contributed by atoms with Gasteiger partial charge in [0.05, 0.1) is 69.1 Å². The number of ether oxygens (including phenoxy) is 8. The van der Waals surface area contributed by atoms with E-state index in [2.05, 4.69) is 0 Å². The van der Waals surface area contributed by atoms with Crippen LogP contribution in [0.2, 0.25) is 0 Å². The van der Waals surface area contributed by atoms with Crippen molar-refractivity contribution in [1.82, 2.24) is 0 Å². The fourth-order valence-electron chi connectivity index (χ4n) is 3.96. The zero-order valence-corrected chi connectivity index (χ0v) is 25.2. The Morgan fingerprint density at radius 1 is 0.333 bits per heavy atom. The minimum absolute atomic E-state index is 0.481. The molecule has 0 radical (unpaired) electrons. The molecular weight excluding hydrogens is 536 g/mol. The first-order valence-corrected chi connectivity index (χ1v) is 13.4. The van der Waals surface area contributed by atoms with Gasteiger partial charge in [0.25, 0.3) is 0 Å². The van der Waals surface area contributed by atoms with Crippen molar-refractivity contribution < 1.29 is 37.9 Å². The molecular formula is C34H40O8. The van der Waals surface area contributed by atoms with Crippen LogP contribution in [0.4, 0.5) is 0 Å². The lowest BCUT2D eigenvalue weighted by atomic mass is 10.2. The number of benzene rings is 4. The fourth-order valence-corrected chi connectivity index (χ4v) is 3.96. The van der Waals surface area contributed by atoms with Crippen LogP contribution in [0.3, 0.4) is 0 Å². The molecule has 224 valence electrons. The molecule has 0 saturated heterocycles. The highest BCUT2D eigenvalue weighted by atomic mass is 16.5. The van der Waals surface area contributed by atoms with Gasteiger partial charge in [-0.15, -0.1) is 0 Å². The van der Waals surface area contributed by atoms with Gasteiger partial charge in [0.2, 0.25) is 0 Å². The highest BCUT2D eigenvalue weighted by molar-refractivity contribution is 5.43. The smallest absolute Gasteiger partial charge is 0.161 e. The summed E-state index contributed by atoms with van der Waals surface area (Å²) < 4.78 is 42.7. The summed E-state index contributed by atoms with van der Waals surface area (Å²) in [7, 11) is 9.79. The molecule has 8 nitrogen and oxygen atoms in total. The third-order valence-corrected chi connectivity index (χ3v) is 6.29. The first-order chi connectivity index (χ1) is 20.5. The molecule has 0 heterocycles. The monoisotopic (exact) mass is 576 g/mol. The average Bonchev–Trinajstić information content (AvgIpc) is 3.05. The van der Waals surface area contributed by atoms with Gasteiger partial charge < -0.3 is 37.9 Å². The molecule has 0 amide bonds. The first kappa shape index (κ1) is 32.1. The summed E-state index contributed by atoms with van der Waals surface area (Å²) in [6.45, 7) is 2.15. The normalized spacial score (nSPS) is 10.2. The maximum Gasteiger partial charge on any atom is 0.161 e. The molecule has 4 aromatic carbocycles. The molecule has 4 rings (SSSR count). The van der Waals surface area contributed by atoms with Crippen LogP contribution in [0.15, 0.2) is 84.9 Å². The number of hydrogen-bond donors (Lipinski definition) is 0. The molecule has 0 saturated carbocycles. The predicted octanol–water partition coefficient (Wildman–Crippen LogP) is 6.86. The van der Waals surface area contributed by atoms with E-state index in [1.165, 1.54) is 0 Å². The molecule has 0 aliphatic heterocycles. The standard InChI is InChI=1S/C18H22O5.C16H18O3/c1-19-15-7-5-13(9-17(15)21-3)11-23-12-14-6-8-16(20-2)18(10-14)22-4;1-17-15-7-3-13(4-8-15)11-19-12-14-5-9-16(18-2)10-6-14/h5-10H,11-12H2,1-4H3;3-10H,11-12H2,1-2H3. The van der Waals surface area contributed by atoms with Gasteiger partial charge in [-0.3, -0.25) is 0 Å². The van der Waals surface area contributed by atoms with Crippen LogP contribution in [-0.2, 0) is 35.9 Å². The van der Waals surface area contributed by atoms with Crippen LogP contribution < -0.4 is 28.4 Å². The van der Waals surface area contributed by atoms with Gasteiger partial charge in [0, 0.05) is 0 Å². The van der Waals surface area contributed by atoms with E-state index in [1.807, 2.05) is 84.9 Å². The molecule has 0 unspecified atom stereocenters. The van der Waals surface area contributed by atoms with Crippen molar-refractivity contribution in [2.24, 2.45) is 0 Å². The highest BCUT2D eigenvalue weighted by Gasteiger charge is 2.07. The molecule has 0 aromatic heterocycles. The lowest BCUT2D eigenvalue weighted by Crippen LogP contribution is -1.97. The lowest BCUT2D eigenvalue weighted by Gasteiger charge is -2.11. The molecule has 0 atom stereocenters. The summed E-state index contributed by atoms with van der Waals surface area (Å²) >= 11 is 0. The van der Waals surface area contributed by atoms with E-state index in [9.17, 15) is 0 Å². The quantitative estimate of drug-likeness (QED) is 0.161. The van der Waals surface area contributed by atoms with Gasteiger partial charge in [-0.05, 0) is 70.8 Å². The van der Waals surface area contributed by atoms with Gasteiger partial charge in [0.15, 0.2) is 23.0 Å². The molecule has 4 aromatic rings. The van der Waals surface area contributed by atoms with E-state index < -0.39 is 0 Å². The molecule has 0 fully saturated rings. The Bertz CT molecular complexity index is 1230. The van der Waals surface area contributed by atoms with Crippen LogP contribution >= 0.6 is 0 Å². The van der Waals surface area contributed by atoms with Gasteiger partial charge in [-0.25, -0.2) is 0 Å². The summed E-state index contributed by atoms with van der Waals surface area (Å²) in [5.41, 5.74) is 4.30. The van der Waals surface area contributed by atoms with Crippen molar-refractivity contribution in [3.63, 3.8) is 0 Å². The maximum absolute atomic E-state index is 5.76. The van der Waals surface area contributed by atoms with Crippen molar-refractivity contribution >= 4 is 0 Å². The molecule has 0 N–H and O–H groups in total. The van der Waals surface area contributed by atoms with Crippen LogP contribution in [-0.4, -0.2) is 42.7 Å². The zero-order chi connectivity index (χ0) is 30.2. The van der Waals surface area contributed by atoms with Crippen molar-refractivity contribution in [2.45, 2.75) is 26.4 Å². The summed E-state index contributed by atoms with van der Waals surface area (Å²) in [6.07, 6.45) is 0. The second kappa shape index (κ2) is 17.4. The minimum atomic E-state index is 0.481. The number of methoxy groups -OCH3 is 6. The largest absolute Gasteiger partial charge is 0.497 e. The Labute approximate surface area is 248 Å². The SMILES string of the molecule is COc1ccc(COCc2ccc(OC)c(OC)c2)cc1OC.COc1ccc(COCc2ccc(OC)cc2)cc1. The van der Waals surface area contributed by atoms with E-state index in [0.717, 1.165) is 33.8 Å². The summed E-state index contributed by atoms with van der Waals surface area (Å²) in [5, 5.41) is 0. The zero-order valence-electron chi connectivity index (χ0n) is 25.2. The van der Waals surface area contributed by atoms with Gasteiger partial charge >= 0.3 is 0 Å². The van der Waals surface area contributed by atoms with Crippen LogP contribution in [0.25, 0.3) is 0 Å². The second-order valence-corrected chi connectivity index (χ2v) is 9.06. The maximum atomic E-state index is 5.76. The summed E-state index contributed by atoms with van der Waals surface area (Å²) in [6, 6.07) is 27.2. The summed E-state index contributed by atoms with van der Waals surface area (Å²) in [4.78, 5) is 0. The van der Waals surface area contributed by atoms with Gasteiger partial charge in [0.1, 0.15) is 11.5 Å². The third-order valence-electron chi connectivity index (χ3n) is 6.29. The van der Waals surface area contributed by atoms with Crippen molar-refractivity contribution in [2.75, 3.05) is 42.7 Å². The predicted molar refractivity (Wildman–Crippen MR) is 162 cm³/mol. The van der Waals surface area contributed by atoms with Gasteiger partial charge in [-0.2, -0.15) is 0 Å². The van der Waals surface area contributed by atoms with E-state index >= 15 is 0 Å². The van der Waals surface area contributed by atoms with Crippen LogP contribution in [0.1, 0.15) is 22.3 Å². The number of hydrogen-bond acceptors (Lipinski definition) is 8. The molecule has 0 aliphatic rings. The second-order valence-electron chi connectivity index (χ2n) is 9.06. The molecule has 8 heteroatoms. The van der Waals surface area contributed by atoms with Crippen molar-refractivity contribution in [1.29, 1.82) is 0 Å². The highest BCUT2D eigenvalue weighted by Crippen LogP contribution is 2.29. The first-order valence-electron chi connectivity index (χ1n) is 13.4. The molecule has 42 heavy (non-hydrogen) atoms. The Morgan fingerprint density at radius 2 is 0.643 bits per heavy atom. The Hall–Kier alpha value is -4.40. The van der Waals surface area contributed by atoms with Crippen molar-refractivity contribution in [3.8, 4) is 34.5 Å². The Balaban J connectivity index is 0.000000235. The van der Waals surface area contributed by atoms with E-state index in [4.69, 9.17) is 37.9 Å². The minimum Gasteiger partial charge on any atom is -0.497 e. The van der Waals surface area contributed by atoms with E-state index in [1.54, 1.807) is 42.7 Å². The molecule has 0 aliphatic carbocycles. The van der Waals surface area contributed by atoms with E-state index in [0.29, 0.717) is 49.4 Å². The topological polar surface area (TPSA) is 73.8 Å². The van der Waals surface area contributed by atoms with Gasteiger partial charge in [-0.1, -0.05) is 36.4 Å². The van der Waals surface area contributed by atoms with Crippen LogP contribution in [0, 0.1) is 0 Å².